The minimum Gasteiger partial charge on any atom is -0.748 e. The Kier molecular flexibility index (Phi) is 56.1. The van der Waals surface area contributed by atoms with E-state index in [0.29, 0.717) is 19.3 Å². The Labute approximate surface area is 486 Å². The van der Waals surface area contributed by atoms with Gasteiger partial charge in [0.1, 0.15) is 18.8 Å². The molecule has 3 unspecified atom stereocenters. The third-order valence-corrected chi connectivity index (χ3v) is 14.7. The number of hydrogen-bond donors (Lipinski definition) is 4. The number of carbonyl (C=O) groups excluding carboxylic acids is 4. The van der Waals surface area contributed by atoms with Crippen LogP contribution in [0.5, 0.6) is 0 Å². The molecule has 2 amide bonds. The van der Waals surface area contributed by atoms with Crippen LogP contribution in [0.15, 0.2) is 0 Å². The van der Waals surface area contributed by atoms with Crippen LogP contribution < -0.4 is 80.4 Å². The van der Waals surface area contributed by atoms with Crippen molar-refractivity contribution in [2.45, 2.75) is 251 Å². The summed E-state index contributed by atoms with van der Waals surface area (Å²) in [6.45, 7) is 5.71. The average Bonchev–Trinajstić information content (AvgIpc) is 3.30. The SMILES string of the molecule is CCCCCCCCCCCCCCC(=O)NC(CSCC(COC(=O)CCCCCCCCCCC)OC(=O)CCCCCCCCCCC)C(=O)NC(CNCCS(=O)(=O)[O-])NCCS(=O)(=O)[O-].[Na+].[Na+]. The van der Waals surface area contributed by atoms with Gasteiger partial charge in [0, 0.05) is 50.4 Å². The van der Waals surface area contributed by atoms with E-state index in [2.05, 4.69) is 42.0 Å². The molecule has 414 valence electrons. The summed E-state index contributed by atoms with van der Waals surface area (Å²) in [6.07, 6.45) is 32.2. The van der Waals surface area contributed by atoms with Gasteiger partial charge in [-0.3, -0.25) is 24.5 Å². The number of amides is 2. The van der Waals surface area contributed by atoms with Crippen LogP contribution in [0.25, 0.3) is 0 Å². The molecule has 0 radical (unpaired) electrons. The summed E-state index contributed by atoms with van der Waals surface area (Å²) in [6, 6.07) is -1.11. The van der Waals surface area contributed by atoms with Gasteiger partial charge >= 0.3 is 71.1 Å². The second-order valence-corrected chi connectivity index (χ2v) is 23.1. The van der Waals surface area contributed by atoms with E-state index in [1.165, 1.54) is 121 Å². The van der Waals surface area contributed by atoms with E-state index < -0.39 is 61.9 Å². The molecule has 0 spiro atoms. The van der Waals surface area contributed by atoms with Gasteiger partial charge in [-0.25, -0.2) is 16.8 Å². The first-order chi connectivity index (χ1) is 33.6. The maximum Gasteiger partial charge on any atom is 1.00 e. The Morgan fingerprint density at radius 2 is 0.889 bits per heavy atom. The van der Waals surface area contributed by atoms with E-state index in [9.17, 15) is 45.1 Å². The van der Waals surface area contributed by atoms with Gasteiger partial charge in [-0.2, -0.15) is 11.8 Å². The van der Waals surface area contributed by atoms with E-state index in [1.54, 1.807) is 0 Å². The van der Waals surface area contributed by atoms with Crippen LogP contribution in [0.1, 0.15) is 233 Å². The molecule has 0 aromatic carbocycles. The molecule has 16 nitrogen and oxygen atoms in total. The van der Waals surface area contributed by atoms with E-state index in [1.807, 2.05) is 0 Å². The van der Waals surface area contributed by atoms with Crippen molar-refractivity contribution in [2.24, 2.45) is 0 Å². The van der Waals surface area contributed by atoms with E-state index in [0.717, 1.165) is 64.2 Å². The van der Waals surface area contributed by atoms with E-state index in [4.69, 9.17) is 9.47 Å². The molecule has 72 heavy (non-hydrogen) atoms. The fraction of sp³-hybridized carbons (Fsp3) is 0.922. The summed E-state index contributed by atoms with van der Waals surface area (Å²) in [7, 11) is -9.14. The Hall–Kier alpha value is -0.0300. The largest absolute Gasteiger partial charge is 1.00 e. The van der Waals surface area contributed by atoms with E-state index >= 15 is 0 Å². The van der Waals surface area contributed by atoms with Gasteiger partial charge < -0.3 is 34.5 Å². The first kappa shape index (κ1) is 76.2. The molecule has 0 aromatic rings. The molecule has 3 atom stereocenters. The molecule has 0 saturated heterocycles. The third-order valence-electron chi connectivity index (χ3n) is 12.1. The van der Waals surface area contributed by atoms with Gasteiger partial charge in [0.25, 0.3) is 0 Å². The van der Waals surface area contributed by atoms with Crippen LogP contribution >= 0.6 is 11.8 Å². The van der Waals surface area contributed by atoms with Crippen molar-refractivity contribution in [3.05, 3.63) is 0 Å². The minimum absolute atomic E-state index is 0. The fourth-order valence-corrected chi connectivity index (χ4v) is 9.72. The predicted octanol–water partition coefficient (Wildman–Crippen LogP) is 3.31. The normalized spacial score (nSPS) is 12.8. The molecule has 0 aromatic heterocycles. The van der Waals surface area contributed by atoms with Gasteiger partial charge in [0.15, 0.2) is 0 Å². The van der Waals surface area contributed by atoms with Crippen LogP contribution in [0.4, 0.5) is 0 Å². The van der Waals surface area contributed by atoms with Gasteiger partial charge in [-0.1, -0.05) is 194 Å². The molecular weight excluding hydrogens is 1000 g/mol. The minimum atomic E-state index is -4.61. The summed E-state index contributed by atoms with van der Waals surface area (Å²) in [5.74, 6) is -3.10. The van der Waals surface area contributed by atoms with Crippen LogP contribution in [0.3, 0.4) is 0 Å². The topological polar surface area (TPSA) is 249 Å². The van der Waals surface area contributed by atoms with Crippen molar-refractivity contribution < 1.29 is 114 Å². The maximum atomic E-state index is 13.9. The standard InChI is InChI=1S/C51H100N4O12S3.2Na/c1-4-7-10-13-16-19-20-21-24-25-28-31-34-48(56)54-46(51(59)55-47(53-38-40-70(63,64)65)41-52-37-39-69(60,61)62)44-68-43-45(67-50(58)36-33-30-27-23-18-15-12-9-6-3)42-66-49(57)35-32-29-26-22-17-14-11-8-5-2;;/h45-47,52-53H,4-44H2,1-3H3,(H,54,56)(H,55,59)(H,60,61,62)(H,63,64,65);;/q;2*+1/p-2. The van der Waals surface area contributed by atoms with Crippen LogP contribution in [0.2, 0.25) is 0 Å². The van der Waals surface area contributed by atoms with Gasteiger partial charge in [0.2, 0.25) is 11.8 Å². The molecule has 21 heteroatoms. The van der Waals surface area contributed by atoms with Crippen LogP contribution in [0, 0.1) is 0 Å². The van der Waals surface area contributed by atoms with Crippen molar-refractivity contribution in [1.29, 1.82) is 0 Å². The second kappa shape index (κ2) is 53.0. The van der Waals surface area contributed by atoms with Crippen molar-refractivity contribution >= 4 is 55.8 Å². The number of thioether (sulfide) groups is 1. The van der Waals surface area contributed by atoms with E-state index in [-0.39, 0.29) is 128 Å². The summed E-state index contributed by atoms with van der Waals surface area (Å²) >= 11 is 1.23. The molecule has 0 bridgehead atoms. The summed E-state index contributed by atoms with van der Waals surface area (Å²) < 4.78 is 78.9. The molecule has 0 saturated carbocycles. The van der Waals surface area contributed by atoms with Gasteiger partial charge in [-0.05, 0) is 19.3 Å². The number of nitrogens with one attached hydrogen (secondary N) is 4. The first-order valence-corrected chi connectivity index (χ1v) is 31.7. The van der Waals surface area contributed by atoms with Crippen molar-refractivity contribution in [2.75, 3.05) is 49.3 Å². The fourth-order valence-electron chi connectivity index (χ4n) is 7.92. The molecular formula is C51H98N4Na2O12S3. The van der Waals surface area contributed by atoms with Crippen molar-refractivity contribution in [3.63, 3.8) is 0 Å². The predicted molar refractivity (Wildman–Crippen MR) is 281 cm³/mol. The summed E-state index contributed by atoms with van der Waals surface area (Å²) in [4.78, 5) is 53.1. The first-order valence-electron chi connectivity index (χ1n) is 27.4. The van der Waals surface area contributed by atoms with Crippen molar-refractivity contribution in [3.8, 4) is 0 Å². The zero-order chi connectivity index (χ0) is 52.0. The monoisotopic (exact) mass is 1100 g/mol. The van der Waals surface area contributed by atoms with Gasteiger partial charge in [0.05, 0.1) is 37.9 Å². The Morgan fingerprint density at radius 3 is 1.32 bits per heavy atom. The van der Waals surface area contributed by atoms with Crippen LogP contribution in [-0.2, 0) is 48.9 Å². The Morgan fingerprint density at radius 1 is 0.500 bits per heavy atom. The molecule has 0 fully saturated rings. The average molecular weight is 1100 g/mol. The number of hydrogen-bond acceptors (Lipinski definition) is 15. The number of unbranched alkanes of at least 4 members (excludes halogenated alkanes) is 27. The molecule has 0 aliphatic carbocycles. The van der Waals surface area contributed by atoms with Crippen LogP contribution in [-0.4, -0.2) is 117 Å². The Bertz CT molecular complexity index is 1540. The van der Waals surface area contributed by atoms with Gasteiger partial charge in [-0.15, -0.1) is 0 Å². The summed E-state index contributed by atoms with van der Waals surface area (Å²) in [5, 5.41) is 11.0. The summed E-state index contributed by atoms with van der Waals surface area (Å²) in [5.41, 5.74) is 0. The third kappa shape index (κ3) is 54.7. The molecule has 0 rings (SSSR count). The zero-order valence-electron chi connectivity index (χ0n) is 45.8. The smallest absolute Gasteiger partial charge is 0.748 e. The number of esters is 2. The zero-order valence-corrected chi connectivity index (χ0v) is 52.3. The maximum absolute atomic E-state index is 13.9. The number of rotatable bonds is 52. The quantitative estimate of drug-likeness (QED) is 0.0224. The molecule has 4 N–H and O–H groups in total. The molecule has 0 heterocycles. The second-order valence-electron chi connectivity index (χ2n) is 19.0. The molecule has 0 aliphatic heterocycles. The Balaban J connectivity index is -0.0000238. The van der Waals surface area contributed by atoms with Crippen molar-refractivity contribution in [1.82, 2.24) is 21.3 Å². The number of carbonyl (C=O) groups is 4. The number of ether oxygens (including phenoxy) is 2. The molecule has 0 aliphatic rings.